The highest BCUT2D eigenvalue weighted by atomic mass is 16.5. The molecule has 0 aromatic heterocycles. The smallest absolute Gasteiger partial charge is 0.251 e. The van der Waals surface area contributed by atoms with Gasteiger partial charge < -0.3 is 19.5 Å². The molecule has 104 valence electrons. The molecule has 0 radical (unpaired) electrons. The van der Waals surface area contributed by atoms with E-state index in [1.165, 1.54) is 0 Å². The van der Waals surface area contributed by atoms with Gasteiger partial charge in [-0.3, -0.25) is 4.79 Å². The van der Waals surface area contributed by atoms with Crippen LogP contribution in [0.25, 0.3) is 0 Å². The second-order valence-electron chi connectivity index (χ2n) is 4.49. The molecule has 2 rings (SSSR count). The summed E-state index contributed by atoms with van der Waals surface area (Å²) in [6.07, 6.45) is 2.12. The molecule has 19 heavy (non-hydrogen) atoms. The fourth-order valence-electron chi connectivity index (χ4n) is 1.64. The van der Waals surface area contributed by atoms with Gasteiger partial charge in [-0.2, -0.15) is 0 Å². The van der Waals surface area contributed by atoms with Gasteiger partial charge in [0.05, 0.1) is 13.7 Å². The number of nitrogens with one attached hydrogen (secondary N) is 1. The summed E-state index contributed by atoms with van der Waals surface area (Å²) >= 11 is 0. The van der Waals surface area contributed by atoms with Gasteiger partial charge in [-0.15, -0.1) is 0 Å². The van der Waals surface area contributed by atoms with Crippen molar-refractivity contribution in [1.82, 2.24) is 5.32 Å². The molecular weight excluding hydrogens is 246 g/mol. The lowest BCUT2D eigenvalue weighted by Gasteiger charge is -2.10. The average molecular weight is 265 g/mol. The molecule has 0 unspecified atom stereocenters. The van der Waals surface area contributed by atoms with Crippen molar-refractivity contribution in [2.24, 2.45) is 0 Å². The van der Waals surface area contributed by atoms with Crippen LogP contribution < -0.4 is 14.8 Å². The monoisotopic (exact) mass is 265 g/mol. The first-order valence-electron chi connectivity index (χ1n) is 6.34. The summed E-state index contributed by atoms with van der Waals surface area (Å²) in [7, 11) is 3.18. The number of ether oxygens (including phenoxy) is 3. The molecule has 0 spiro atoms. The van der Waals surface area contributed by atoms with Crippen LogP contribution in [-0.4, -0.2) is 39.4 Å². The minimum atomic E-state index is -0.0852. The molecule has 5 nitrogen and oxygen atoms in total. The van der Waals surface area contributed by atoms with Crippen molar-refractivity contribution in [3.63, 3.8) is 0 Å². The third-order valence-electron chi connectivity index (χ3n) is 2.85. The van der Waals surface area contributed by atoms with E-state index in [4.69, 9.17) is 14.2 Å². The van der Waals surface area contributed by atoms with Crippen molar-refractivity contribution in [2.45, 2.75) is 18.9 Å². The fourth-order valence-corrected chi connectivity index (χ4v) is 1.64. The molecule has 0 saturated heterocycles. The number of hydrogen-bond acceptors (Lipinski definition) is 4. The lowest BCUT2D eigenvalue weighted by molar-refractivity contribution is 0.0950. The van der Waals surface area contributed by atoms with Crippen LogP contribution in [-0.2, 0) is 4.74 Å². The second-order valence-corrected chi connectivity index (χ2v) is 4.49. The third kappa shape index (κ3) is 4.13. The Morgan fingerprint density at radius 1 is 1.21 bits per heavy atom. The lowest BCUT2D eigenvalue weighted by atomic mass is 10.2. The molecule has 1 fully saturated rings. The van der Waals surface area contributed by atoms with Crippen LogP contribution in [0.4, 0.5) is 0 Å². The zero-order valence-corrected chi connectivity index (χ0v) is 11.3. The largest absolute Gasteiger partial charge is 0.497 e. The molecule has 0 bridgehead atoms. The van der Waals surface area contributed by atoms with E-state index in [0.29, 0.717) is 36.3 Å². The Morgan fingerprint density at radius 3 is 2.58 bits per heavy atom. The summed E-state index contributed by atoms with van der Waals surface area (Å²) in [6.45, 7) is 0.939. The highest BCUT2D eigenvalue weighted by Gasteiger charge is 2.24. The Morgan fingerprint density at radius 2 is 1.95 bits per heavy atom. The summed E-state index contributed by atoms with van der Waals surface area (Å²) in [5.74, 6) is 1.13. The first-order chi connectivity index (χ1) is 9.22. The van der Waals surface area contributed by atoms with Crippen LogP contribution in [0.2, 0.25) is 0 Å². The summed E-state index contributed by atoms with van der Waals surface area (Å²) in [5, 5.41) is 2.94. The van der Waals surface area contributed by atoms with E-state index in [2.05, 4.69) is 5.32 Å². The third-order valence-corrected chi connectivity index (χ3v) is 2.85. The molecule has 0 heterocycles. The van der Waals surface area contributed by atoms with Gasteiger partial charge in [-0.05, 0) is 25.0 Å². The predicted molar refractivity (Wildman–Crippen MR) is 70.9 cm³/mol. The van der Waals surface area contributed by atoms with Crippen LogP contribution in [0.5, 0.6) is 11.5 Å². The quantitative estimate of drug-likeness (QED) is 0.761. The number of carbonyl (C=O) groups excluding carboxylic acids is 1. The molecular formula is C14H19NO4. The van der Waals surface area contributed by atoms with Gasteiger partial charge in [0, 0.05) is 24.8 Å². The molecule has 1 saturated carbocycles. The van der Waals surface area contributed by atoms with Crippen LogP contribution in [0, 0.1) is 0 Å². The Kier molecular flexibility index (Phi) is 4.63. The second kappa shape index (κ2) is 6.43. The van der Waals surface area contributed by atoms with Crippen molar-refractivity contribution < 1.29 is 19.0 Å². The summed E-state index contributed by atoms with van der Waals surface area (Å²) in [4.78, 5) is 12.0. The van der Waals surface area contributed by atoms with Gasteiger partial charge in [0.25, 0.3) is 5.91 Å². The SMILES string of the molecule is COCCOc1cc(OC)cc(C(=O)NC2CC2)c1. The Labute approximate surface area is 112 Å². The molecule has 0 atom stereocenters. The molecule has 1 aliphatic rings. The van der Waals surface area contributed by atoms with Crippen LogP contribution in [0.15, 0.2) is 18.2 Å². The normalized spacial score (nSPS) is 14.0. The van der Waals surface area contributed by atoms with Gasteiger partial charge in [-0.25, -0.2) is 0 Å². The van der Waals surface area contributed by atoms with Crippen LogP contribution >= 0.6 is 0 Å². The fraction of sp³-hybridized carbons (Fsp3) is 0.500. The zero-order valence-electron chi connectivity index (χ0n) is 11.3. The summed E-state index contributed by atoms with van der Waals surface area (Å²) < 4.78 is 15.6. The molecule has 1 aromatic carbocycles. The standard InChI is InChI=1S/C14H19NO4/c1-17-5-6-19-13-8-10(7-12(9-13)18-2)14(16)15-11-3-4-11/h7-9,11H,3-6H2,1-2H3,(H,15,16). The number of benzene rings is 1. The van der Waals surface area contributed by atoms with E-state index >= 15 is 0 Å². The van der Waals surface area contributed by atoms with E-state index in [1.54, 1.807) is 32.4 Å². The minimum absolute atomic E-state index is 0.0852. The highest BCUT2D eigenvalue weighted by Crippen LogP contribution is 2.24. The van der Waals surface area contributed by atoms with Gasteiger partial charge in [0.2, 0.25) is 0 Å². The average Bonchev–Trinajstić information content (AvgIpc) is 3.22. The number of hydrogen-bond donors (Lipinski definition) is 1. The molecule has 5 heteroatoms. The van der Waals surface area contributed by atoms with E-state index in [-0.39, 0.29) is 5.91 Å². The maximum Gasteiger partial charge on any atom is 0.251 e. The van der Waals surface area contributed by atoms with Gasteiger partial charge in [0.1, 0.15) is 18.1 Å². The maximum atomic E-state index is 12.0. The van der Waals surface area contributed by atoms with Crippen LogP contribution in [0.3, 0.4) is 0 Å². The Balaban J connectivity index is 2.07. The predicted octanol–water partition coefficient (Wildman–Crippen LogP) is 1.61. The Bertz CT molecular complexity index is 443. The first kappa shape index (κ1) is 13.7. The van der Waals surface area contributed by atoms with Gasteiger partial charge >= 0.3 is 0 Å². The topological polar surface area (TPSA) is 56.8 Å². The van der Waals surface area contributed by atoms with Crippen LogP contribution in [0.1, 0.15) is 23.2 Å². The number of amides is 1. The maximum absolute atomic E-state index is 12.0. The van der Waals surface area contributed by atoms with E-state index < -0.39 is 0 Å². The molecule has 1 amide bonds. The summed E-state index contributed by atoms with van der Waals surface area (Å²) in [5.41, 5.74) is 0.554. The molecule has 0 aliphatic heterocycles. The van der Waals surface area contributed by atoms with Crippen molar-refractivity contribution in [2.75, 3.05) is 27.4 Å². The van der Waals surface area contributed by atoms with Crippen molar-refractivity contribution in [3.05, 3.63) is 23.8 Å². The van der Waals surface area contributed by atoms with E-state index in [1.807, 2.05) is 0 Å². The number of methoxy groups -OCH3 is 2. The summed E-state index contributed by atoms with van der Waals surface area (Å²) in [6, 6.07) is 5.51. The molecule has 1 aromatic rings. The van der Waals surface area contributed by atoms with E-state index in [0.717, 1.165) is 12.8 Å². The Hall–Kier alpha value is -1.75. The lowest BCUT2D eigenvalue weighted by Crippen LogP contribution is -2.25. The number of carbonyl (C=O) groups is 1. The molecule has 1 N–H and O–H groups in total. The first-order valence-corrected chi connectivity index (χ1v) is 6.34. The van der Waals surface area contributed by atoms with Gasteiger partial charge in [-0.1, -0.05) is 0 Å². The zero-order chi connectivity index (χ0) is 13.7. The molecule has 1 aliphatic carbocycles. The van der Waals surface area contributed by atoms with Crippen molar-refractivity contribution in [1.29, 1.82) is 0 Å². The number of rotatable bonds is 7. The highest BCUT2D eigenvalue weighted by molar-refractivity contribution is 5.95. The minimum Gasteiger partial charge on any atom is -0.497 e. The van der Waals surface area contributed by atoms with Gasteiger partial charge in [0.15, 0.2) is 0 Å². The van der Waals surface area contributed by atoms with E-state index in [9.17, 15) is 4.79 Å². The van der Waals surface area contributed by atoms with Crippen molar-refractivity contribution >= 4 is 5.91 Å². The van der Waals surface area contributed by atoms with Crippen molar-refractivity contribution in [3.8, 4) is 11.5 Å².